The number of para-hydroxylation sites is 1. The number of benzene rings is 4. The monoisotopic (exact) mass is 903 g/mol. The van der Waals surface area contributed by atoms with E-state index in [9.17, 15) is 19.2 Å². The second-order valence-electron chi connectivity index (χ2n) is 14.5. The lowest BCUT2D eigenvalue weighted by molar-refractivity contribution is -0.138. The zero-order chi connectivity index (χ0) is 46.2. The lowest BCUT2D eigenvalue weighted by Gasteiger charge is -2.16. The van der Waals surface area contributed by atoms with Crippen LogP contribution in [0.5, 0.6) is 28.7 Å². The van der Waals surface area contributed by atoms with E-state index in [0.29, 0.717) is 48.8 Å². The molecule has 4 aromatic carbocycles. The second kappa shape index (κ2) is 26.4. The highest BCUT2D eigenvalue weighted by Crippen LogP contribution is 2.37. The smallest absolute Gasteiger partial charge is 0.343 e. The number of anilines is 1. The van der Waals surface area contributed by atoms with Gasteiger partial charge >= 0.3 is 23.9 Å². The Morgan fingerprint density at radius 3 is 1.86 bits per heavy atom. The summed E-state index contributed by atoms with van der Waals surface area (Å²) in [6.45, 7) is 13.9. The van der Waals surface area contributed by atoms with E-state index in [1.54, 1.807) is 30.3 Å². The van der Waals surface area contributed by atoms with Crippen molar-refractivity contribution in [3.05, 3.63) is 139 Å². The van der Waals surface area contributed by atoms with Crippen molar-refractivity contribution >= 4 is 56.8 Å². The fourth-order valence-electron chi connectivity index (χ4n) is 5.87. The van der Waals surface area contributed by atoms with Crippen LogP contribution in [0.3, 0.4) is 0 Å². The topological polar surface area (TPSA) is 170 Å². The Kier molecular flexibility index (Phi) is 19.8. The first-order valence-corrected chi connectivity index (χ1v) is 22.0. The van der Waals surface area contributed by atoms with Crippen LogP contribution in [0, 0.1) is 0 Å². The zero-order valence-corrected chi connectivity index (χ0v) is 37.2. The van der Waals surface area contributed by atoms with E-state index in [4.69, 9.17) is 33.2 Å². The number of thiazole rings is 1. The maximum atomic E-state index is 13.7. The average molecular weight is 904 g/mol. The maximum absolute atomic E-state index is 13.7. The Balaban J connectivity index is 1.26. The van der Waals surface area contributed by atoms with Crippen molar-refractivity contribution in [1.29, 1.82) is 0 Å². The van der Waals surface area contributed by atoms with Gasteiger partial charge in [-0.25, -0.2) is 24.2 Å². The Morgan fingerprint density at radius 2 is 1.28 bits per heavy atom. The fraction of sp³-hybridized carbons (Fsp3) is 0.280. The summed E-state index contributed by atoms with van der Waals surface area (Å²) in [5.74, 6) is -0.889. The minimum atomic E-state index is -0.739. The molecule has 0 aliphatic rings. The molecule has 0 saturated heterocycles. The third-order valence-electron chi connectivity index (χ3n) is 9.32. The molecule has 65 heavy (non-hydrogen) atoms. The fourth-order valence-corrected chi connectivity index (χ4v) is 6.69. The van der Waals surface area contributed by atoms with E-state index >= 15 is 0 Å². The molecule has 0 fully saturated rings. The number of nitrogens with one attached hydrogen (secondary N) is 1. The third kappa shape index (κ3) is 16.8. The van der Waals surface area contributed by atoms with Crippen LogP contribution in [0.1, 0.15) is 79.8 Å². The second-order valence-corrected chi connectivity index (χ2v) is 15.5. The molecule has 0 aliphatic heterocycles. The standard InChI is InChI=1S/C50H53N3O11S/c1-5-45(54)60-29-15-9-7-13-27-58-39-23-19-36(20-24-39)34-62-41-31-38(33-51-53-50-52-42-17-11-12-18-44(42)65-50)47(43(32-41)63-48(56)35(3)4)64-49(57)37-21-25-40(26-22-37)59-28-14-8-10-16-30-61-46(55)6-2/h5-6,11-12,17-26,31-33H,1-3,7-10,13-16,27-30,34H2,4H3,(H,52,53)/b51-33+. The van der Waals surface area contributed by atoms with E-state index in [1.807, 2.05) is 48.5 Å². The minimum absolute atomic E-state index is 0.0796. The molecule has 14 nitrogen and oxygen atoms in total. The van der Waals surface area contributed by atoms with Crippen molar-refractivity contribution in [2.24, 2.45) is 5.10 Å². The zero-order valence-electron chi connectivity index (χ0n) is 36.4. The van der Waals surface area contributed by atoms with Crippen LogP contribution in [0.4, 0.5) is 5.13 Å². The Hall–Kier alpha value is -7.26. The van der Waals surface area contributed by atoms with E-state index in [-0.39, 0.29) is 34.8 Å². The lowest BCUT2D eigenvalue weighted by Crippen LogP contribution is -2.14. The summed E-state index contributed by atoms with van der Waals surface area (Å²) < 4.78 is 40.6. The number of hydrazone groups is 1. The summed E-state index contributed by atoms with van der Waals surface area (Å²) in [5.41, 5.74) is 5.19. The molecule has 1 aromatic heterocycles. The van der Waals surface area contributed by atoms with Gasteiger partial charge in [-0.2, -0.15) is 5.10 Å². The SMILES string of the molecule is C=CC(=O)OCCCCCCOc1ccc(COc2cc(/C=N/Nc3nc4ccccc4s3)c(OC(=O)c3ccc(OCCCCCCOC(=O)C=C)cc3)c(OC(=O)C(=C)C)c2)cc1. The first-order chi connectivity index (χ1) is 31.6. The van der Waals surface area contributed by atoms with Crippen LogP contribution in [0.2, 0.25) is 0 Å². The number of unbranched alkanes of at least 4 members (excludes halogenated alkanes) is 6. The maximum Gasteiger partial charge on any atom is 0.343 e. The van der Waals surface area contributed by atoms with Gasteiger partial charge in [-0.1, -0.05) is 55.3 Å². The number of esters is 4. The van der Waals surface area contributed by atoms with Crippen molar-refractivity contribution < 1.29 is 52.3 Å². The molecule has 0 saturated carbocycles. The molecule has 15 heteroatoms. The van der Waals surface area contributed by atoms with Gasteiger partial charge in [0.15, 0.2) is 11.5 Å². The van der Waals surface area contributed by atoms with Gasteiger partial charge in [-0.15, -0.1) is 0 Å². The molecule has 0 aliphatic carbocycles. The molecule has 1 heterocycles. The Bertz CT molecular complexity index is 2390. The number of rotatable bonds is 28. The van der Waals surface area contributed by atoms with E-state index in [2.05, 4.69) is 35.2 Å². The predicted molar refractivity (Wildman–Crippen MR) is 250 cm³/mol. The molecule has 0 amide bonds. The Labute approximate surface area is 382 Å². The summed E-state index contributed by atoms with van der Waals surface area (Å²) in [6, 6.07) is 24.8. The van der Waals surface area contributed by atoms with Crippen molar-refractivity contribution in [3.63, 3.8) is 0 Å². The van der Waals surface area contributed by atoms with E-state index in [0.717, 1.165) is 79.3 Å². The van der Waals surface area contributed by atoms with Crippen LogP contribution >= 0.6 is 11.3 Å². The summed E-state index contributed by atoms with van der Waals surface area (Å²) in [7, 11) is 0. The predicted octanol–water partition coefficient (Wildman–Crippen LogP) is 10.4. The van der Waals surface area contributed by atoms with E-state index < -0.39 is 23.9 Å². The van der Waals surface area contributed by atoms with Gasteiger partial charge in [0.25, 0.3) is 0 Å². The Morgan fingerprint density at radius 1 is 0.692 bits per heavy atom. The van der Waals surface area contributed by atoms with Gasteiger partial charge in [0.2, 0.25) is 5.13 Å². The summed E-state index contributed by atoms with van der Waals surface area (Å²) in [5, 5.41) is 4.94. The number of hydrogen-bond acceptors (Lipinski definition) is 15. The quantitative estimate of drug-likeness (QED) is 0.0126. The van der Waals surface area contributed by atoms with Crippen molar-refractivity contribution in [2.75, 3.05) is 31.9 Å². The van der Waals surface area contributed by atoms with Gasteiger partial charge in [0.05, 0.1) is 48.4 Å². The number of carbonyl (C=O) groups is 4. The van der Waals surface area contributed by atoms with E-state index in [1.165, 1.54) is 30.5 Å². The highest BCUT2D eigenvalue weighted by molar-refractivity contribution is 7.22. The molecule has 0 spiro atoms. The highest BCUT2D eigenvalue weighted by Gasteiger charge is 2.22. The molecule has 0 radical (unpaired) electrons. The molecule has 5 aromatic rings. The molecule has 1 N–H and O–H groups in total. The van der Waals surface area contributed by atoms with Gasteiger partial charge in [0, 0.05) is 29.4 Å². The average Bonchev–Trinajstić information content (AvgIpc) is 3.74. The number of hydrogen-bond donors (Lipinski definition) is 1. The van der Waals surface area contributed by atoms with Crippen molar-refractivity contribution in [2.45, 2.75) is 64.9 Å². The molecule has 340 valence electrons. The van der Waals surface area contributed by atoms with Crippen LogP contribution in [0.25, 0.3) is 10.2 Å². The molecule has 0 atom stereocenters. The number of carbonyl (C=O) groups excluding carboxylic acids is 4. The molecular weight excluding hydrogens is 851 g/mol. The summed E-state index contributed by atoms with van der Waals surface area (Å²) in [6.07, 6.45) is 10.6. The molecule has 5 rings (SSSR count). The number of aromatic nitrogens is 1. The normalized spacial score (nSPS) is 10.8. The number of nitrogens with zero attached hydrogens (tertiary/aromatic N) is 2. The summed E-state index contributed by atoms with van der Waals surface area (Å²) >= 11 is 1.41. The van der Waals surface area contributed by atoms with Gasteiger partial charge in [0.1, 0.15) is 23.9 Å². The highest BCUT2D eigenvalue weighted by atomic mass is 32.1. The first kappa shape index (κ1) is 48.8. The van der Waals surface area contributed by atoms with Crippen LogP contribution in [-0.4, -0.2) is 61.5 Å². The van der Waals surface area contributed by atoms with Crippen LogP contribution in [0.15, 0.2) is 127 Å². The number of ether oxygens (including phenoxy) is 7. The first-order valence-electron chi connectivity index (χ1n) is 21.2. The minimum Gasteiger partial charge on any atom is -0.494 e. The van der Waals surface area contributed by atoms with Gasteiger partial charge in [-0.3, -0.25) is 5.43 Å². The van der Waals surface area contributed by atoms with Crippen molar-refractivity contribution in [3.8, 4) is 28.7 Å². The van der Waals surface area contributed by atoms with Gasteiger partial charge < -0.3 is 33.2 Å². The van der Waals surface area contributed by atoms with Crippen LogP contribution in [-0.2, 0) is 30.5 Å². The molecule has 0 bridgehead atoms. The summed E-state index contributed by atoms with van der Waals surface area (Å²) in [4.78, 5) is 53.5. The lowest BCUT2D eigenvalue weighted by atomic mass is 10.1. The number of fused-ring (bicyclic) bond motifs is 1. The van der Waals surface area contributed by atoms with Crippen molar-refractivity contribution in [1.82, 2.24) is 4.98 Å². The van der Waals surface area contributed by atoms with Gasteiger partial charge in [-0.05, 0) is 118 Å². The molecular formula is C50H53N3O11S. The van der Waals surface area contributed by atoms with Crippen LogP contribution < -0.4 is 29.1 Å². The third-order valence-corrected chi connectivity index (χ3v) is 10.3. The largest absolute Gasteiger partial charge is 0.494 e. The molecule has 0 unspecified atom stereocenters.